The van der Waals surface area contributed by atoms with Crippen molar-refractivity contribution in [3.63, 3.8) is 0 Å². The summed E-state index contributed by atoms with van der Waals surface area (Å²) < 4.78 is 0.941. The Balaban J connectivity index is 1.73. The number of aliphatic hydroxyl groups is 1. The molecule has 0 saturated carbocycles. The van der Waals surface area contributed by atoms with E-state index in [4.69, 9.17) is 16.6 Å². The molecule has 1 saturated heterocycles. The third-order valence-electron chi connectivity index (χ3n) is 6.51. The van der Waals surface area contributed by atoms with E-state index in [2.05, 4.69) is 13.8 Å². The lowest BCUT2D eigenvalue weighted by Gasteiger charge is -2.23. The number of nitrogens with zero attached hydrogens (tertiary/aromatic N) is 2. The first-order valence-electron chi connectivity index (χ1n) is 11.7. The van der Waals surface area contributed by atoms with E-state index >= 15 is 0 Å². The molecule has 3 aromatic carbocycles. The quantitative estimate of drug-likeness (QED) is 0.175. The van der Waals surface area contributed by atoms with Crippen LogP contribution in [-0.4, -0.2) is 21.8 Å². The number of thiazole rings is 1. The second-order valence-electron chi connectivity index (χ2n) is 9.42. The van der Waals surface area contributed by atoms with Crippen LogP contribution >= 0.6 is 22.9 Å². The van der Waals surface area contributed by atoms with Crippen molar-refractivity contribution in [2.24, 2.45) is 0 Å². The molecule has 7 heteroatoms. The number of rotatable bonds is 4. The fourth-order valence-corrected chi connectivity index (χ4v) is 5.93. The van der Waals surface area contributed by atoms with E-state index in [0.717, 1.165) is 32.5 Å². The van der Waals surface area contributed by atoms with Crippen LogP contribution in [0.25, 0.3) is 16.0 Å². The Hall–Kier alpha value is -3.48. The van der Waals surface area contributed by atoms with Gasteiger partial charge in [0.25, 0.3) is 5.78 Å². The normalized spacial score (nSPS) is 17.5. The molecule has 1 N–H and O–H groups in total. The minimum Gasteiger partial charge on any atom is -0.507 e. The van der Waals surface area contributed by atoms with Crippen LogP contribution in [0.2, 0.25) is 5.02 Å². The molecule has 0 radical (unpaired) electrons. The summed E-state index contributed by atoms with van der Waals surface area (Å²) in [5.74, 6) is -1.36. The zero-order chi connectivity index (χ0) is 25.7. The third-order valence-corrected chi connectivity index (χ3v) is 7.76. The highest BCUT2D eigenvalue weighted by Crippen LogP contribution is 2.45. The van der Waals surface area contributed by atoms with Gasteiger partial charge in [0.15, 0.2) is 5.13 Å². The smallest absolute Gasteiger partial charge is 0.301 e. The molecule has 182 valence electrons. The molecular formula is C29H25ClN2O3S. The second-order valence-corrected chi connectivity index (χ2v) is 10.9. The van der Waals surface area contributed by atoms with Gasteiger partial charge < -0.3 is 5.11 Å². The van der Waals surface area contributed by atoms with Crippen molar-refractivity contribution in [3.8, 4) is 0 Å². The van der Waals surface area contributed by atoms with Gasteiger partial charge in [-0.15, -0.1) is 0 Å². The van der Waals surface area contributed by atoms with E-state index in [-0.39, 0.29) is 11.3 Å². The Labute approximate surface area is 218 Å². The summed E-state index contributed by atoms with van der Waals surface area (Å²) in [7, 11) is 0. The number of benzene rings is 3. The molecule has 1 aliphatic rings. The second kappa shape index (κ2) is 9.19. The molecule has 4 aromatic rings. The third kappa shape index (κ3) is 4.10. The number of fused-ring (bicyclic) bond motifs is 1. The van der Waals surface area contributed by atoms with Crippen LogP contribution in [0.1, 0.15) is 53.6 Å². The van der Waals surface area contributed by atoms with Crippen LogP contribution in [0.4, 0.5) is 5.13 Å². The standard InChI is InChI=1S/C29H25ClN2O3S/c1-15(2)18-5-7-19(8-6-18)25-23(26(33)20-9-11-21(30)12-10-20)27(34)28(35)32(25)29-31-24-17(4)13-16(3)14-22(24)36-29/h5-15,25,33H,1-4H3/b26-23+/t25-/m1/s1. The highest BCUT2D eigenvalue weighted by molar-refractivity contribution is 7.22. The molecule has 2 heterocycles. The predicted octanol–water partition coefficient (Wildman–Crippen LogP) is 7.32. The Morgan fingerprint density at radius 1 is 1.03 bits per heavy atom. The molecule has 36 heavy (non-hydrogen) atoms. The molecule has 0 unspecified atom stereocenters. The highest BCUT2D eigenvalue weighted by atomic mass is 35.5. The average Bonchev–Trinajstić information content (AvgIpc) is 3.38. The van der Waals surface area contributed by atoms with Crippen molar-refractivity contribution in [1.29, 1.82) is 0 Å². The number of Topliss-reactive ketones (excluding diaryl/α,β-unsaturated/α-hetero) is 1. The molecule has 1 atom stereocenters. The number of carbonyl (C=O) groups excluding carboxylic acids is 2. The molecule has 5 rings (SSSR count). The van der Waals surface area contributed by atoms with Gasteiger partial charge in [-0.2, -0.15) is 0 Å². The topological polar surface area (TPSA) is 70.5 Å². The summed E-state index contributed by atoms with van der Waals surface area (Å²) >= 11 is 7.39. The van der Waals surface area contributed by atoms with Gasteiger partial charge in [0.05, 0.1) is 21.8 Å². The Kier molecular flexibility index (Phi) is 6.18. The minimum atomic E-state index is -0.816. The van der Waals surface area contributed by atoms with Crippen molar-refractivity contribution in [1.82, 2.24) is 4.98 Å². The first-order valence-corrected chi connectivity index (χ1v) is 12.9. The Morgan fingerprint density at radius 2 is 1.69 bits per heavy atom. The molecule has 1 amide bonds. The molecule has 0 spiro atoms. The van der Waals surface area contributed by atoms with Gasteiger partial charge in [0, 0.05) is 10.6 Å². The first kappa shape index (κ1) is 24.2. The van der Waals surface area contributed by atoms with Crippen LogP contribution in [0, 0.1) is 13.8 Å². The number of amides is 1. The van der Waals surface area contributed by atoms with Gasteiger partial charge in [-0.25, -0.2) is 4.98 Å². The number of anilines is 1. The number of ketones is 1. The van der Waals surface area contributed by atoms with E-state index in [0.29, 0.717) is 21.6 Å². The fourth-order valence-electron chi connectivity index (χ4n) is 4.63. The zero-order valence-electron chi connectivity index (χ0n) is 20.4. The number of aromatic nitrogens is 1. The van der Waals surface area contributed by atoms with Crippen LogP contribution in [0.3, 0.4) is 0 Å². The lowest BCUT2D eigenvalue weighted by molar-refractivity contribution is -0.132. The van der Waals surface area contributed by atoms with Crippen molar-refractivity contribution in [3.05, 3.63) is 99.1 Å². The lowest BCUT2D eigenvalue weighted by Crippen LogP contribution is -2.29. The predicted molar refractivity (Wildman–Crippen MR) is 146 cm³/mol. The van der Waals surface area contributed by atoms with Gasteiger partial charge in [-0.3, -0.25) is 14.5 Å². The average molecular weight is 517 g/mol. The van der Waals surface area contributed by atoms with Crippen molar-refractivity contribution < 1.29 is 14.7 Å². The van der Waals surface area contributed by atoms with E-state index in [1.165, 1.54) is 16.2 Å². The molecule has 1 aliphatic heterocycles. The van der Waals surface area contributed by atoms with Gasteiger partial charge in [0.1, 0.15) is 5.76 Å². The summed E-state index contributed by atoms with van der Waals surface area (Å²) in [6, 6.07) is 17.6. The van der Waals surface area contributed by atoms with Gasteiger partial charge in [0.2, 0.25) is 0 Å². The maximum Gasteiger partial charge on any atom is 0.301 e. The zero-order valence-corrected chi connectivity index (χ0v) is 21.9. The lowest BCUT2D eigenvalue weighted by atomic mass is 9.93. The van der Waals surface area contributed by atoms with Crippen LogP contribution in [0.15, 0.2) is 66.2 Å². The largest absolute Gasteiger partial charge is 0.507 e. The highest BCUT2D eigenvalue weighted by Gasteiger charge is 2.48. The Bertz CT molecular complexity index is 1540. The van der Waals surface area contributed by atoms with Crippen molar-refractivity contribution in [2.45, 2.75) is 39.7 Å². The number of hydrogen-bond donors (Lipinski definition) is 1. The monoisotopic (exact) mass is 516 g/mol. The van der Waals surface area contributed by atoms with Crippen LogP contribution < -0.4 is 4.90 Å². The molecule has 1 aromatic heterocycles. The van der Waals surface area contributed by atoms with Gasteiger partial charge in [-0.05, 0) is 72.4 Å². The number of carbonyl (C=O) groups is 2. The van der Waals surface area contributed by atoms with Crippen LogP contribution in [-0.2, 0) is 9.59 Å². The minimum absolute atomic E-state index is 0.0341. The first-order chi connectivity index (χ1) is 17.2. The SMILES string of the molecule is Cc1cc(C)c2nc(N3C(=O)C(=O)/C(=C(/O)c4ccc(Cl)cc4)[C@H]3c3ccc(C(C)C)cc3)sc2c1. The van der Waals surface area contributed by atoms with Crippen molar-refractivity contribution >= 4 is 55.7 Å². The summed E-state index contributed by atoms with van der Waals surface area (Å²) in [5, 5.41) is 12.2. The van der Waals surface area contributed by atoms with E-state index in [9.17, 15) is 14.7 Å². The van der Waals surface area contributed by atoms with E-state index in [1.807, 2.05) is 50.2 Å². The van der Waals surface area contributed by atoms with E-state index in [1.54, 1.807) is 24.3 Å². The summed E-state index contributed by atoms with van der Waals surface area (Å²) in [6.07, 6.45) is 0. The molecule has 0 aliphatic carbocycles. The molecule has 0 bridgehead atoms. The number of halogens is 1. The van der Waals surface area contributed by atoms with Crippen molar-refractivity contribution in [2.75, 3.05) is 4.90 Å². The van der Waals surface area contributed by atoms with Crippen LogP contribution in [0.5, 0.6) is 0 Å². The number of aliphatic hydroxyl groups excluding tert-OH is 1. The van der Waals surface area contributed by atoms with Gasteiger partial charge >= 0.3 is 5.91 Å². The summed E-state index contributed by atoms with van der Waals surface area (Å²) in [6.45, 7) is 8.20. The molecule has 5 nitrogen and oxygen atoms in total. The number of aryl methyl sites for hydroxylation is 2. The molecular weight excluding hydrogens is 492 g/mol. The van der Waals surface area contributed by atoms with E-state index < -0.39 is 17.7 Å². The maximum absolute atomic E-state index is 13.5. The maximum atomic E-state index is 13.5. The summed E-state index contributed by atoms with van der Waals surface area (Å²) in [4.78, 5) is 33.1. The summed E-state index contributed by atoms with van der Waals surface area (Å²) in [5.41, 5.74) is 5.21. The molecule has 1 fully saturated rings. The van der Waals surface area contributed by atoms with Gasteiger partial charge in [-0.1, -0.05) is 67.1 Å². The Morgan fingerprint density at radius 3 is 2.33 bits per heavy atom. The fraction of sp³-hybridized carbons (Fsp3) is 0.207. The number of hydrogen-bond acceptors (Lipinski definition) is 5.